The molecule has 0 bridgehead atoms. The molecule has 0 aliphatic heterocycles. The van der Waals surface area contributed by atoms with Gasteiger partial charge in [0.05, 0.1) is 12.8 Å². The van der Waals surface area contributed by atoms with Crippen LogP contribution in [0.15, 0.2) is 34.5 Å². The number of rotatable bonds is 4. The number of nitrogens with one attached hydrogen (secondary N) is 1. The van der Waals surface area contributed by atoms with E-state index in [9.17, 15) is 13.2 Å². The van der Waals surface area contributed by atoms with Crippen molar-refractivity contribution in [3.8, 4) is 0 Å². The summed E-state index contributed by atoms with van der Waals surface area (Å²) in [6.07, 6.45) is 0. The first-order valence-corrected chi connectivity index (χ1v) is 8.48. The van der Waals surface area contributed by atoms with Crippen LogP contribution < -0.4 is 4.72 Å². The molecule has 0 unspecified atom stereocenters. The van der Waals surface area contributed by atoms with Crippen molar-refractivity contribution in [2.45, 2.75) is 18.7 Å². The standard InChI is InChI=1S/C14H15NO4S2/c1-9-5-4-6-11(10(9)2)15-21(17,18)12-7-8-20-13(12)14(16)19-3/h4-8,15H,1-3H3. The highest BCUT2D eigenvalue weighted by Crippen LogP contribution is 2.27. The number of anilines is 1. The lowest BCUT2D eigenvalue weighted by molar-refractivity contribution is 0.0602. The van der Waals surface area contributed by atoms with Gasteiger partial charge in [-0.1, -0.05) is 12.1 Å². The van der Waals surface area contributed by atoms with E-state index < -0.39 is 16.0 Å². The second-order valence-corrected chi connectivity index (χ2v) is 7.03. The Kier molecular flexibility index (Phi) is 4.34. The van der Waals surface area contributed by atoms with Gasteiger partial charge in [0.2, 0.25) is 0 Å². The third-order valence-electron chi connectivity index (χ3n) is 3.14. The number of methoxy groups -OCH3 is 1. The zero-order valence-corrected chi connectivity index (χ0v) is 13.5. The van der Waals surface area contributed by atoms with E-state index in [1.165, 1.54) is 13.2 Å². The maximum absolute atomic E-state index is 12.5. The van der Waals surface area contributed by atoms with Gasteiger partial charge in [0.1, 0.15) is 9.77 Å². The molecule has 0 atom stereocenters. The highest BCUT2D eigenvalue weighted by Gasteiger charge is 2.25. The molecule has 1 heterocycles. The minimum absolute atomic E-state index is 0.0651. The minimum atomic E-state index is -3.84. The Morgan fingerprint density at radius 3 is 2.62 bits per heavy atom. The third kappa shape index (κ3) is 3.08. The maximum Gasteiger partial charge on any atom is 0.349 e. The van der Waals surface area contributed by atoms with Gasteiger partial charge in [-0.25, -0.2) is 13.2 Å². The Morgan fingerprint density at radius 1 is 1.24 bits per heavy atom. The number of ether oxygens (including phenoxy) is 1. The fourth-order valence-electron chi connectivity index (χ4n) is 1.81. The predicted molar refractivity (Wildman–Crippen MR) is 82.4 cm³/mol. The topological polar surface area (TPSA) is 72.5 Å². The number of aryl methyl sites for hydroxylation is 1. The molecule has 0 aliphatic carbocycles. The number of thiophene rings is 1. The number of carbonyl (C=O) groups excluding carboxylic acids is 1. The largest absolute Gasteiger partial charge is 0.465 e. The van der Waals surface area contributed by atoms with E-state index in [4.69, 9.17) is 0 Å². The Bertz CT molecular complexity index is 778. The van der Waals surface area contributed by atoms with Gasteiger partial charge >= 0.3 is 5.97 Å². The van der Waals surface area contributed by atoms with Crippen LogP contribution >= 0.6 is 11.3 Å². The molecule has 21 heavy (non-hydrogen) atoms. The van der Waals surface area contributed by atoms with Crippen LogP contribution in [0.3, 0.4) is 0 Å². The molecule has 0 spiro atoms. The SMILES string of the molecule is COC(=O)c1sccc1S(=O)(=O)Nc1cccc(C)c1C. The number of hydrogen-bond donors (Lipinski definition) is 1. The van der Waals surface area contributed by atoms with Crippen LogP contribution in [-0.2, 0) is 14.8 Å². The summed E-state index contributed by atoms with van der Waals surface area (Å²) in [6.45, 7) is 3.74. The lowest BCUT2D eigenvalue weighted by Crippen LogP contribution is -2.16. The molecule has 2 aromatic rings. The molecule has 112 valence electrons. The highest BCUT2D eigenvalue weighted by molar-refractivity contribution is 7.93. The second-order valence-electron chi connectivity index (χ2n) is 4.46. The summed E-state index contributed by atoms with van der Waals surface area (Å²) in [7, 11) is -2.62. The first-order chi connectivity index (χ1) is 9.86. The van der Waals surface area contributed by atoms with Crippen LogP contribution in [0.5, 0.6) is 0 Å². The van der Waals surface area contributed by atoms with Crippen molar-refractivity contribution in [2.24, 2.45) is 0 Å². The van der Waals surface area contributed by atoms with E-state index in [2.05, 4.69) is 9.46 Å². The lowest BCUT2D eigenvalue weighted by atomic mass is 10.1. The molecule has 5 nitrogen and oxygen atoms in total. The molecule has 0 fully saturated rings. The molecule has 7 heteroatoms. The molecular formula is C14H15NO4S2. The van der Waals surface area contributed by atoms with Gasteiger partial charge in [0, 0.05) is 0 Å². The summed E-state index contributed by atoms with van der Waals surface area (Å²) in [5, 5.41) is 1.55. The summed E-state index contributed by atoms with van der Waals surface area (Å²) in [4.78, 5) is 11.6. The summed E-state index contributed by atoms with van der Waals surface area (Å²) in [5.41, 5.74) is 2.32. The summed E-state index contributed by atoms with van der Waals surface area (Å²) in [5.74, 6) is -0.661. The Labute approximate surface area is 127 Å². The lowest BCUT2D eigenvalue weighted by Gasteiger charge is -2.12. The van der Waals surface area contributed by atoms with Crippen molar-refractivity contribution in [1.82, 2.24) is 0 Å². The first kappa shape index (κ1) is 15.5. The monoisotopic (exact) mass is 325 g/mol. The molecular weight excluding hydrogens is 310 g/mol. The molecule has 1 aromatic carbocycles. The van der Waals surface area contributed by atoms with Crippen LogP contribution in [0.4, 0.5) is 5.69 Å². The molecule has 0 radical (unpaired) electrons. The smallest absolute Gasteiger partial charge is 0.349 e. The molecule has 1 N–H and O–H groups in total. The van der Waals surface area contributed by atoms with Crippen molar-refractivity contribution in [1.29, 1.82) is 0 Å². The first-order valence-electron chi connectivity index (χ1n) is 6.11. The average molecular weight is 325 g/mol. The van der Waals surface area contributed by atoms with E-state index in [0.29, 0.717) is 5.69 Å². The molecule has 0 saturated heterocycles. The van der Waals surface area contributed by atoms with Crippen LogP contribution in [0.1, 0.15) is 20.8 Å². The summed E-state index contributed by atoms with van der Waals surface area (Å²) >= 11 is 1.03. The maximum atomic E-state index is 12.5. The highest BCUT2D eigenvalue weighted by atomic mass is 32.2. The number of hydrogen-bond acceptors (Lipinski definition) is 5. The van der Waals surface area contributed by atoms with Gasteiger partial charge in [-0.2, -0.15) is 0 Å². The summed E-state index contributed by atoms with van der Waals surface area (Å²) in [6, 6.07) is 6.75. The van der Waals surface area contributed by atoms with Gasteiger partial charge in [-0.15, -0.1) is 11.3 Å². The number of benzene rings is 1. The van der Waals surface area contributed by atoms with Crippen LogP contribution in [0.2, 0.25) is 0 Å². The number of esters is 1. The van der Waals surface area contributed by atoms with Crippen molar-refractivity contribution in [3.05, 3.63) is 45.6 Å². The Hall–Kier alpha value is -1.86. The number of carbonyl (C=O) groups is 1. The van der Waals surface area contributed by atoms with Crippen LogP contribution in [0, 0.1) is 13.8 Å². The zero-order valence-electron chi connectivity index (χ0n) is 11.8. The molecule has 2 rings (SSSR count). The van der Waals surface area contributed by atoms with E-state index >= 15 is 0 Å². The predicted octanol–water partition coefficient (Wildman–Crippen LogP) is 2.95. The quantitative estimate of drug-likeness (QED) is 0.877. The van der Waals surface area contributed by atoms with Gasteiger partial charge < -0.3 is 4.74 Å². The van der Waals surface area contributed by atoms with Gasteiger partial charge in [0.15, 0.2) is 0 Å². The fraction of sp³-hybridized carbons (Fsp3) is 0.214. The number of sulfonamides is 1. The molecule has 0 aliphatic rings. The average Bonchev–Trinajstić information content (AvgIpc) is 2.93. The van der Waals surface area contributed by atoms with Crippen molar-refractivity contribution < 1.29 is 17.9 Å². The Morgan fingerprint density at radius 2 is 1.95 bits per heavy atom. The van der Waals surface area contributed by atoms with E-state index in [0.717, 1.165) is 22.5 Å². The minimum Gasteiger partial charge on any atom is -0.465 e. The molecule has 0 saturated carbocycles. The zero-order chi connectivity index (χ0) is 15.6. The Balaban J connectivity index is 2.42. The van der Waals surface area contributed by atoms with Crippen molar-refractivity contribution in [2.75, 3.05) is 11.8 Å². The van der Waals surface area contributed by atoms with Gasteiger partial charge in [-0.05, 0) is 42.5 Å². The normalized spacial score (nSPS) is 11.2. The fourth-order valence-corrected chi connectivity index (χ4v) is 4.27. The third-order valence-corrected chi connectivity index (χ3v) is 5.57. The van der Waals surface area contributed by atoms with Gasteiger partial charge in [0.25, 0.3) is 10.0 Å². The van der Waals surface area contributed by atoms with Crippen molar-refractivity contribution >= 4 is 33.0 Å². The van der Waals surface area contributed by atoms with Crippen LogP contribution in [-0.4, -0.2) is 21.5 Å². The van der Waals surface area contributed by atoms with Gasteiger partial charge in [-0.3, -0.25) is 4.72 Å². The van der Waals surface area contributed by atoms with E-state index in [1.54, 1.807) is 17.5 Å². The van der Waals surface area contributed by atoms with E-state index in [-0.39, 0.29) is 9.77 Å². The van der Waals surface area contributed by atoms with E-state index in [1.807, 2.05) is 19.9 Å². The molecule has 1 aromatic heterocycles. The second kappa shape index (κ2) is 5.87. The van der Waals surface area contributed by atoms with Crippen molar-refractivity contribution in [3.63, 3.8) is 0 Å². The van der Waals surface area contributed by atoms with Crippen LogP contribution in [0.25, 0.3) is 0 Å². The summed E-state index contributed by atoms with van der Waals surface area (Å²) < 4.78 is 32.0. The molecule has 0 amide bonds.